The van der Waals surface area contributed by atoms with E-state index in [0.29, 0.717) is 16.7 Å². The molecular formula is C24H25F6N3O. The number of pyridine rings is 1. The Morgan fingerprint density at radius 2 is 1.74 bits per heavy atom. The molecule has 1 aromatic heterocycles. The number of ether oxygens (including phenoxy) is 1. The summed E-state index contributed by atoms with van der Waals surface area (Å²) in [5.74, 6) is 0. The second-order valence-electron chi connectivity index (χ2n) is 8.52. The summed E-state index contributed by atoms with van der Waals surface area (Å²) in [6.07, 6.45) is -8.99. The zero-order valence-electron chi connectivity index (χ0n) is 18.6. The lowest BCUT2D eigenvalue weighted by atomic mass is 9.66. The molecule has 1 fully saturated rings. The van der Waals surface area contributed by atoms with Gasteiger partial charge in [0.25, 0.3) is 5.60 Å². The Hall–Kier alpha value is -2.64. The molecule has 0 spiro atoms. The SMILES string of the molecule is CCOC(C(F)(F)F)(C(F)(F)F)[C@]1(CCc2ccc(C#N)cc2)CCN(Cc2cccnc2)C1. The van der Waals surface area contributed by atoms with Crippen molar-refractivity contribution in [3.8, 4) is 6.07 Å². The van der Waals surface area contributed by atoms with E-state index in [2.05, 4.69) is 4.98 Å². The van der Waals surface area contributed by atoms with Crippen LogP contribution in [0.2, 0.25) is 0 Å². The highest BCUT2D eigenvalue weighted by Crippen LogP contribution is 2.60. The standard InChI is InChI=1S/C24H25F6N3O/c1-2-34-22(23(25,26)27,24(28,29)30)21(10-9-18-5-7-19(14-31)8-6-18)11-13-33(17-21)16-20-4-3-12-32-15-20/h3-8,12,15H,2,9-11,13,16-17H2,1H3/t21-/m1/s1. The number of aryl methyl sites for hydroxylation is 1. The van der Waals surface area contributed by atoms with Crippen LogP contribution in [0.4, 0.5) is 26.3 Å². The van der Waals surface area contributed by atoms with Crippen molar-refractivity contribution in [2.75, 3.05) is 19.7 Å². The smallest absolute Gasteiger partial charge is 0.358 e. The number of halogens is 6. The minimum atomic E-state index is -5.67. The van der Waals surface area contributed by atoms with Gasteiger partial charge in [-0.05, 0) is 62.1 Å². The van der Waals surface area contributed by atoms with Crippen LogP contribution in [-0.4, -0.2) is 47.5 Å². The molecule has 1 aliphatic heterocycles. The Morgan fingerprint density at radius 3 is 2.26 bits per heavy atom. The molecule has 0 amide bonds. The minimum absolute atomic E-state index is 0.0204. The Kier molecular flexibility index (Phi) is 7.58. The summed E-state index contributed by atoms with van der Waals surface area (Å²) in [4.78, 5) is 5.57. The van der Waals surface area contributed by atoms with Crippen molar-refractivity contribution in [2.24, 2.45) is 5.41 Å². The number of alkyl halides is 6. The van der Waals surface area contributed by atoms with Crippen molar-refractivity contribution in [1.82, 2.24) is 9.88 Å². The van der Waals surface area contributed by atoms with E-state index in [0.717, 1.165) is 6.92 Å². The fraction of sp³-hybridized carbons (Fsp3) is 0.500. The number of hydrogen-bond donors (Lipinski definition) is 0. The van der Waals surface area contributed by atoms with Crippen LogP contribution in [0.15, 0.2) is 48.8 Å². The zero-order chi connectivity index (χ0) is 25.0. The maximum Gasteiger partial charge on any atom is 0.427 e. The maximum atomic E-state index is 14.4. The van der Waals surface area contributed by atoms with E-state index in [9.17, 15) is 26.3 Å². The van der Waals surface area contributed by atoms with Gasteiger partial charge in [0.2, 0.25) is 0 Å². The molecule has 0 radical (unpaired) electrons. The number of nitriles is 1. The quantitative estimate of drug-likeness (QED) is 0.452. The molecule has 0 bridgehead atoms. The number of rotatable bonds is 8. The van der Waals surface area contributed by atoms with E-state index in [1.807, 2.05) is 6.07 Å². The summed E-state index contributed by atoms with van der Waals surface area (Å²) in [5.41, 5.74) is -4.95. The van der Waals surface area contributed by atoms with Crippen LogP contribution in [0.3, 0.4) is 0 Å². The molecule has 0 N–H and O–H groups in total. The van der Waals surface area contributed by atoms with E-state index in [1.165, 1.54) is 12.1 Å². The molecule has 1 aromatic carbocycles. The van der Waals surface area contributed by atoms with Gasteiger partial charge in [-0.3, -0.25) is 9.88 Å². The zero-order valence-corrected chi connectivity index (χ0v) is 18.6. The first-order valence-corrected chi connectivity index (χ1v) is 10.9. The van der Waals surface area contributed by atoms with Gasteiger partial charge in [0.1, 0.15) is 0 Å². The van der Waals surface area contributed by atoms with Gasteiger partial charge in [0, 0.05) is 37.5 Å². The van der Waals surface area contributed by atoms with Gasteiger partial charge in [0.15, 0.2) is 0 Å². The molecular weight excluding hydrogens is 460 g/mol. The van der Waals surface area contributed by atoms with Gasteiger partial charge in [-0.25, -0.2) is 0 Å². The molecule has 0 saturated carbocycles. The van der Waals surface area contributed by atoms with Crippen molar-refractivity contribution in [3.05, 3.63) is 65.5 Å². The lowest BCUT2D eigenvalue weighted by Crippen LogP contribution is -2.69. The second kappa shape index (κ2) is 9.92. The van der Waals surface area contributed by atoms with Gasteiger partial charge < -0.3 is 4.74 Å². The van der Waals surface area contributed by atoms with Gasteiger partial charge in [0.05, 0.1) is 11.6 Å². The van der Waals surface area contributed by atoms with Crippen molar-refractivity contribution < 1.29 is 31.1 Å². The molecule has 2 heterocycles. The van der Waals surface area contributed by atoms with Crippen LogP contribution in [-0.2, 0) is 17.7 Å². The van der Waals surface area contributed by atoms with Gasteiger partial charge in [-0.2, -0.15) is 31.6 Å². The molecule has 2 aromatic rings. The summed E-state index contributed by atoms with van der Waals surface area (Å²) in [6, 6.07) is 11.4. The topological polar surface area (TPSA) is 49.1 Å². The molecule has 10 heteroatoms. The highest BCUT2D eigenvalue weighted by molar-refractivity contribution is 5.32. The largest absolute Gasteiger partial charge is 0.427 e. The average Bonchev–Trinajstić information content (AvgIpc) is 3.19. The molecule has 184 valence electrons. The molecule has 0 aliphatic carbocycles. The van der Waals surface area contributed by atoms with Crippen LogP contribution in [0.25, 0.3) is 0 Å². The van der Waals surface area contributed by atoms with E-state index in [-0.39, 0.29) is 32.4 Å². The van der Waals surface area contributed by atoms with E-state index in [4.69, 9.17) is 10.00 Å². The molecule has 1 aliphatic rings. The summed E-state index contributed by atoms with van der Waals surface area (Å²) in [5, 5.41) is 8.94. The predicted octanol–water partition coefficient (Wildman–Crippen LogP) is 5.68. The Labute approximate surface area is 194 Å². The molecule has 1 atom stereocenters. The first kappa shape index (κ1) is 26.0. The number of benzene rings is 1. The lowest BCUT2D eigenvalue weighted by Gasteiger charge is -2.49. The fourth-order valence-corrected chi connectivity index (χ4v) is 4.94. The van der Waals surface area contributed by atoms with Crippen LogP contribution in [0.1, 0.15) is 36.5 Å². The molecule has 1 saturated heterocycles. The van der Waals surface area contributed by atoms with Crippen molar-refractivity contribution in [1.29, 1.82) is 5.26 Å². The number of hydrogen-bond acceptors (Lipinski definition) is 4. The van der Waals surface area contributed by atoms with Crippen LogP contribution in [0.5, 0.6) is 0 Å². The summed E-state index contributed by atoms with van der Waals surface area (Å²) < 4.78 is 91.3. The third-order valence-electron chi connectivity index (χ3n) is 6.44. The number of nitrogens with zero attached hydrogens (tertiary/aromatic N) is 3. The summed E-state index contributed by atoms with van der Waals surface area (Å²) in [7, 11) is 0. The number of aromatic nitrogens is 1. The monoisotopic (exact) mass is 485 g/mol. The van der Waals surface area contributed by atoms with Gasteiger partial charge in [-0.1, -0.05) is 18.2 Å². The molecule has 0 unspecified atom stereocenters. The fourth-order valence-electron chi connectivity index (χ4n) is 4.94. The maximum absolute atomic E-state index is 14.4. The highest BCUT2D eigenvalue weighted by Gasteiger charge is 2.81. The van der Waals surface area contributed by atoms with Crippen molar-refractivity contribution in [3.63, 3.8) is 0 Å². The average molecular weight is 485 g/mol. The molecule has 4 nitrogen and oxygen atoms in total. The summed E-state index contributed by atoms with van der Waals surface area (Å²) in [6.45, 7) is 0.216. The molecule has 3 rings (SSSR count). The molecule has 34 heavy (non-hydrogen) atoms. The third kappa shape index (κ3) is 4.91. The van der Waals surface area contributed by atoms with Gasteiger partial charge >= 0.3 is 12.4 Å². The van der Waals surface area contributed by atoms with E-state index in [1.54, 1.807) is 41.6 Å². The summed E-state index contributed by atoms with van der Waals surface area (Å²) >= 11 is 0. The van der Waals surface area contributed by atoms with Crippen LogP contribution < -0.4 is 0 Å². The Bertz CT molecular complexity index is 971. The normalized spacial score (nSPS) is 19.8. The third-order valence-corrected chi connectivity index (χ3v) is 6.44. The van der Waals surface area contributed by atoms with E-state index >= 15 is 0 Å². The number of likely N-dealkylation sites (tertiary alicyclic amines) is 1. The van der Waals surface area contributed by atoms with E-state index < -0.39 is 36.5 Å². The Balaban J connectivity index is 2.02. The van der Waals surface area contributed by atoms with Crippen molar-refractivity contribution >= 4 is 0 Å². The van der Waals surface area contributed by atoms with Crippen molar-refractivity contribution in [2.45, 2.75) is 50.7 Å². The lowest BCUT2D eigenvalue weighted by molar-refractivity contribution is -0.414. The second-order valence-corrected chi connectivity index (χ2v) is 8.52. The van der Waals surface area contributed by atoms with Crippen LogP contribution in [0, 0.1) is 16.7 Å². The van der Waals surface area contributed by atoms with Gasteiger partial charge in [-0.15, -0.1) is 0 Å². The highest BCUT2D eigenvalue weighted by atomic mass is 19.4. The Morgan fingerprint density at radius 1 is 1.06 bits per heavy atom. The van der Waals surface area contributed by atoms with Crippen LogP contribution >= 0.6 is 0 Å². The minimum Gasteiger partial charge on any atom is -0.358 e. The first-order valence-electron chi connectivity index (χ1n) is 10.9. The predicted molar refractivity (Wildman–Crippen MR) is 113 cm³/mol. The first-order chi connectivity index (χ1) is 16.0.